The molecular weight excluding hydrogens is 395 g/mol. The minimum Gasteiger partial charge on any atom is -0.371 e. The molecule has 4 nitrogen and oxygen atoms in total. The molecule has 3 rings (SSSR count). The minimum absolute atomic E-state index is 0.180. The van der Waals surface area contributed by atoms with Gasteiger partial charge in [-0.25, -0.2) is 4.39 Å². The molecular formula is C20H24BrFN4. The first kappa shape index (κ1) is 18.7. The monoisotopic (exact) mass is 418 g/mol. The Hall–Kier alpha value is -2.08. The van der Waals surface area contributed by atoms with Crippen molar-refractivity contribution in [2.45, 2.75) is 25.4 Å². The Balaban J connectivity index is 1.47. The van der Waals surface area contributed by atoms with Crippen molar-refractivity contribution in [3.05, 3.63) is 64.4 Å². The Bertz CT molecular complexity index is 740. The molecule has 1 fully saturated rings. The van der Waals surface area contributed by atoms with Gasteiger partial charge < -0.3 is 15.5 Å². The molecule has 0 saturated carbocycles. The van der Waals surface area contributed by atoms with Crippen molar-refractivity contribution in [3.63, 3.8) is 0 Å². The van der Waals surface area contributed by atoms with Crippen LogP contribution in [0.1, 0.15) is 18.4 Å². The average Bonchev–Trinajstić information content (AvgIpc) is 2.67. The summed E-state index contributed by atoms with van der Waals surface area (Å²) in [7, 11) is 1.79. The maximum Gasteiger partial charge on any atom is 0.191 e. The Morgan fingerprint density at radius 1 is 1.19 bits per heavy atom. The van der Waals surface area contributed by atoms with Crippen LogP contribution in [0.3, 0.4) is 0 Å². The van der Waals surface area contributed by atoms with Gasteiger partial charge in [0.2, 0.25) is 0 Å². The third kappa shape index (κ3) is 5.21. The van der Waals surface area contributed by atoms with Crippen molar-refractivity contribution in [1.29, 1.82) is 0 Å². The second-order valence-corrected chi connectivity index (χ2v) is 7.35. The molecule has 0 spiro atoms. The quantitative estimate of drug-likeness (QED) is 0.583. The predicted octanol–water partition coefficient (Wildman–Crippen LogP) is 3.92. The lowest BCUT2D eigenvalue weighted by atomic mass is 10.0. The summed E-state index contributed by atoms with van der Waals surface area (Å²) < 4.78 is 14.5. The summed E-state index contributed by atoms with van der Waals surface area (Å²) in [6, 6.07) is 15.4. The highest BCUT2D eigenvalue weighted by Crippen LogP contribution is 2.20. The Morgan fingerprint density at radius 3 is 2.58 bits per heavy atom. The average molecular weight is 419 g/mol. The number of piperidine rings is 1. The van der Waals surface area contributed by atoms with E-state index in [9.17, 15) is 4.39 Å². The van der Waals surface area contributed by atoms with Crippen LogP contribution < -0.4 is 15.5 Å². The van der Waals surface area contributed by atoms with E-state index in [1.807, 2.05) is 18.2 Å². The van der Waals surface area contributed by atoms with Crippen LogP contribution >= 0.6 is 15.9 Å². The SMILES string of the molecule is CN=C(NCc1ccc(Br)cc1)NC1CCN(c2cccc(F)c2)CC1. The molecule has 1 saturated heterocycles. The maximum absolute atomic E-state index is 13.4. The number of aliphatic imine (C=N–C) groups is 1. The first-order chi connectivity index (χ1) is 12.6. The lowest BCUT2D eigenvalue weighted by Crippen LogP contribution is -2.48. The molecule has 0 bridgehead atoms. The molecule has 138 valence electrons. The van der Waals surface area contributed by atoms with Crippen molar-refractivity contribution in [3.8, 4) is 0 Å². The predicted molar refractivity (Wildman–Crippen MR) is 109 cm³/mol. The number of nitrogens with one attached hydrogen (secondary N) is 2. The highest BCUT2D eigenvalue weighted by atomic mass is 79.9. The molecule has 1 aliphatic rings. The normalized spacial score (nSPS) is 15.8. The molecule has 2 aromatic carbocycles. The lowest BCUT2D eigenvalue weighted by molar-refractivity contribution is 0.461. The molecule has 26 heavy (non-hydrogen) atoms. The number of guanidine groups is 1. The van der Waals surface area contributed by atoms with E-state index in [-0.39, 0.29) is 5.82 Å². The number of rotatable bonds is 4. The summed E-state index contributed by atoms with van der Waals surface area (Å²) in [4.78, 5) is 6.56. The zero-order valence-electron chi connectivity index (χ0n) is 14.9. The van der Waals surface area contributed by atoms with Crippen LogP contribution in [0, 0.1) is 5.82 Å². The molecule has 6 heteroatoms. The summed E-state index contributed by atoms with van der Waals surface area (Å²) >= 11 is 3.45. The van der Waals surface area contributed by atoms with E-state index in [0.717, 1.165) is 48.6 Å². The molecule has 2 aromatic rings. The molecule has 1 aliphatic heterocycles. The van der Waals surface area contributed by atoms with E-state index in [1.165, 1.54) is 11.6 Å². The van der Waals surface area contributed by atoms with E-state index in [0.29, 0.717) is 6.04 Å². The Morgan fingerprint density at radius 2 is 1.92 bits per heavy atom. The van der Waals surface area contributed by atoms with Gasteiger partial charge in [0.15, 0.2) is 5.96 Å². The van der Waals surface area contributed by atoms with Crippen molar-refractivity contribution in [2.24, 2.45) is 4.99 Å². The molecule has 1 heterocycles. The summed E-state index contributed by atoms with van der Waals surface area (Å²) in [6.45, 7) is 2.55. The first-order valence-corrected chi connectivity index (χ1v) is 9.65. The third-order valence-corrected chi connectivity index (χ3v) is 5.13. The Kier molecular flexibility index (Phi) is 6.50. The van der Waals surface area contributed by atoms with Gasteiger partial charge in [-0.2, -0.15) is 0 Å². The molecule has 0 aliphatic carbocycles. The highest BCUT2D eigenvalue weighted by molar-refractivity contribution is 9.10. The fraction of sp³-hybridized carbons (Fsp3) is 0.350. The van der Waals surface area contributed by atoms with Crippen molar-refractivity contribution >= 4 is 27.6 Å². The van der Waals surface area contributed by atoms with Gasteiger partial charge in [0.05, 0.1) is 0 Å². The van der Waals surface area contributed by atoms with Crippen molar-refractivity contribution in [1.82, 2.24) is 10.6 Å². The molecule has 0 atom stereocenters. The zero-order valence-corrected chi connectivity index (χ0v) is 16.5. The first-order valence-electron chi connectivity index (χ1n) is 8.86. The van der Waals surface area contributed by atoms with Gasteiger partial charge in [-0.05, 0) is 48.7 Å². The fourth-order valence-electron chi connectivity index (χ4n) is 3.13. The van der Waals surface area contributed by atoms with E-state index < -0.39 is 0 Å². The van der Waals surface area contributed by atoms with Crippen LogP contribution in [0.25, 0.3) is 0 Å². The van der Waals surface area contributed by atoms with Crippen LogP contribution in [0.15, 0.2) is 58.0 Å². The number of hydrogen-bond acceptors (Lipinski definition) is 2. The zero-order chi connectivity index (χ0) is 18.4. The standard InChI is InChI=1S/C20H24BrFN4/c1-23-20(24-14-15-5-7-16(21)8-6-15)25-18-9-11-26(12-10-18)19-4-2-3-17(22)13-19/h2-8,13,18H,9-12,14H2,1H3,(H2,23,24,25). The Labute approximate surface area is 162 Å². The summed E-state index contributed by atoms with van der Waals surface area (Å²) in [5, 5.41) is 6.86. The highest BCUT2D eigenvalue weighted by Gasteiger charge is 2.20. The van der Waals surface area contributed by atoms with E-state index in [4.69, 9.17) is 0 Å². The number of nitrogens with zero attached hydrogens (tertiary/aromatic N) is 2. The maximum atomic E-state index is 13.4. The van der Waals surface area contributed by atoms with Crippen LogP contribution in [0.5, 0.6) is 0 Å². The number of anilines is 1. The van der Waals surface area contributed by atoms with Gasteiger partial charge in [0.25, 0.3) is 0 Å². The summed E-state index contributed by atoms with van der Waals surface area (Å²) in [6.07, 6.45) is 1.99. The van der Waals surface area contributed by atoms with Gasteiger partial charge >= 0.3 is 0 Å². The summed E-state index contributed by atoms with van der Waals surface area (Å²) in [5.41, 5.74) is 2.17. The van der Waals surface area contributed by atoms with Gasteiger partial charge in [-0.1, -0.05) is 34.1 Å². The molecule has 2 N–H and O–H groups in total. The number of hydrogen-bond donors (Lipinski definition) is 2. The molecule has 0 amide bonds. The van der Waals surface area contributed by atoms with Crippen LogP contribution in [0.2, 0.25) is 0 Å². The topological polar surface area (TPSA) is 39.7 Å². The van der Waals surface area contributed by atoms with Crippen molar-refractivity contribution < 1.29 is 4.39 Å². The summed E-state index contributed by atoms with van der Waals surface area (Å²) in [5.74, 6) is 0.636. The molecule has 0 aromatic heterocycles. The number of halogens is 2. The van der Waals surface area contributed by atoms with Crippen molar-refractivity contribution in [2.75, 3.05) is 25.0 Å². The molecule has 0 unspecified atom stereocenters. The van der Waals surface area contributed by atoms with Gasteiger partial charge in [-0.15, -0.1) is 0 Å². The van der Waals surface area contributed by atoms with Gasteiger partial charge in [0, 0.05) is 42.9 Å². The largest absolute Gasteiger partial charge is 0.371 e. The lowest BCUT2D eigenvalue weighted by Gasteiger charge is -2.34. The third-order valence-electron chi connectivity index (χ3n) is 4.61. The van der Waals surface area contributed by atoms with Crippen LogP contribution in [-0.2, 0) is 6.54 Å². The van der Waals surface area contributed by atoms with E-state index in [2.05, 4.69) is 48.6 Å². The van der Waals surface area contributed by atoms with Gasteiger partial charge in [-0.3, -0.25) is 4.99 Å². The van der Waals surface area contributed by atoms with Gasteiger partial charge in [0.1, 0.15) is 5.82 Å². The smallest absolute Gasteiger partial charge is 0.191 e. The van der Waals surface area contributed by atoms with E-state index in [1.54, 1.807) is 19.2 Å². The van der Waals surface area contributed by atoms with Crippen LogP contribution in [-0.4, -0.2) is 32.1 Å². The van der Waals surface area contributed by atoms with Crippen LogP contribution in [0.4, 0.5) is 10.1 Å². The second-order valence-electron chi connectivity index (χ2n) is 6.44. The fourth-order valence-corrected chi connectivity index (χ4v) is 3.40. The number of benzene rings is 2. The minimum atomic E-state index is -0.180. The molecule has 0 radical (unpaired) electrons. The second kappa shape index (κ2) is 9.03. The van der Waals surface area contributed by atoms with E-state index >= 15 is 0 Å².